The first kappa shape index (κ1) is 20.3. The minimum Gasteiger partial charge on any atom is -0.325 e. The summed E-state index contributed by atoms with van der Waals surface area (Å²) in [7, 11) is 0. The number of anilines is 1. The number of carbonyl (C=O) groups is 2. The van der Waals surface area contributed by atoms with Crippen molar-refractivity contribution in [3.05, 3.63) is 65.2 Å². The number of carbonyl (C=O) groups excluding carboxylic acids is 2. The molecule has 146 valence electrons. The Balaban J connectivity index is 1.61. The molecule has 0 aromatic heterocycles. The van der Waals surface area contributed by atoms with E-state index in [2.05, 4.69) is 20.8 Å². The highest BCUT2D eigenvalue weighted by Gasteiger charge is 2.32. The van der Waals surface area contributed by atoms with Crippen LogP contribution in [0.25, 0.3) is 0 Å². The minimum absolute atomic E-state index is 0.0318. The van der Waals surface area contributed by atoms with Crippen LogP contribution in [-0.4, -0.2) is 27.9 Å². The van der Waals surface area contributed by atoms with Crippen LogP contribution >= 0.6 is 11.8 Å². The summed E-state index contributed by atoms with van der Waals surface area (Å²) in [5.74, 6) is -0.637. The van der Waals surface area contributed by atoms with Gasteiger partial charge in [-0.05, 0) is 31.5 Å². The Kier molecular flexibility index (Phi) is 6.42. The molecular weight excluding hydrogens is 386 g/mol. The van der Waals surface area contributed by atoms with Gasteiger partial charge in [-0.2, -0.15) is 10.4 Å². The molecular formula is C21H19N5O2S. The number of rotatable bonds is 5. The maximum atomic E-state index is 12.3. The van der Waals surface area contributed by atoms with Crippen LogP contribution in [0.5, 0.6) is 0 Å². The number of amides is 2. The smallest absolute Gasteiger partial charge is 0.240 e. The lowest BCUT2D eigenvalue weighted by molar-refractivity contribution is -0.122. The van der Waals surface area contributed by atoms with Crippen LogP contribution in [-0.2, 0) is 9.59 Å². The van der Waals surface area contributed by atoms with Gasteiger partial charge in [0.1, 0.15) is 11.3 Å². The highest BCUT2D eigenvalue weighted by Crippen LogP contribution is 2.23. The van der Waals surface area contributed by atoms with Gasteiger partial charge in [0.25, 0.3) is 0 Å². The van der Waals surface area contributed by atoms with Crippen LogP contribution in [0, 0.1) is 18.3 Å². The van der Waals surface area contributed by atoms with E-state index in [0.717, 1.165) is 28.6 Å². The highest BCUT2D eigenvalue weighted by molar-refractivity contribution is 8.15. The van der Waals surface area contributed by atoms with Gasteiger partial charge < -0.3 is 10.6 Å². The summed E-state index contributed by atoms with van der Waals surface area (Å²) in [4.78, 5) is 24.4. The van der Waals surface area contributed by atoms with Crippen LogP contribution in [0.15, 0.2) is 58.7 Å². The van der Waals surface area contributed by atoms with Gasteiger partial charge in [0.15, 0.2) is 5.17 Å². The molecule has 1 heterocycles. The fourth-order valence-corrected chi connectivity index (χ4v) is 3.54. The first-order valence-electron chi connectivity index (χ1n) is 8.92. The van der Waals surface area contributed by atoms with E-state index >= 15 is 0 Å². The second kappa shape index (κ2) is 9.17. The molecule has 0 bridgehead atoms. The van der Waals surface area contributed by atoms with E-state index in [0.29, 0.717) is 16.4 Å². The Labute approximate surface area is 172 Å². The van der Waals surface area contributed by atoms with E-state index in [9.17, 15) is 9.59 Å². The maximum absolute atomic E-state index is 12.3. The van der Waals surface area contributed by atoms with Crippen LogP contribution < -0.4 is 10.6 Å². The van der Waals surface area contributed by atoms with Crippen molar-refractivity contribution in [1.82, 2.24) is 5.32 Å². The standard InChI is InChI=1S/C21H19N5O2S/c1-13-7-9-15(10-8-13)14(2)25-26-21-24-20(28)18(29-21)11-19(27)23-17-6-4-3-5-16(17)12-22/h3-10,18H,11H2,1-2H3,(H,23,27)(H,24,26,28)/t18-/m1/s1. The molecule has 1 aliphatic heterocycles. The third-order valence-electron chi connectivity index (χ3n) is 4.23. The van der Waals surface area contributed by atoms with Crippen LogP contribution in [0.2, 0.25) is 0 Å². The molecule has 8 heteroatoms. The van der Waals surface area contributed by atoms with E-state index in [1.54, 1.807) is 24.3 Å². The van der Waals surface area contributed by atoms with Gasteiger partial charge in [-0.3, -0.25) is 9.59 Å². The number of thioether (sulfide) groups is 1. The lowest BCUT2D eigenvalue weighted by atomic mass is 10.1. The van der Waals surface area contributed by atoms with Crippen molar-refractivity contribution in [2.24, 2.45) is 10.2 Å². The van der Waals surface area contributed by atoms with Gasteiger partial charge in [0.2, 0.25) is 11.8 Å². The van der Waals surface area contributed by atoms with E-state index in [1.165, 1.54) is 0 Å². The molecule has 0 unspecified atom stereocenters. The summed E-state index contributed by atoms with van der Waals surface area (Å²) in [6, 6.07) is 16.6. The summed E-state index contributed by atoms with van der Waals surface area (Å²) in [5.41, 5.74) is 3.62. The zero-order valence-corrected chi connectivity index (χ0v) is 16.8. The number of para-hydroxylation sites is 1. The van der Waals surface area contributed by atoms with E-state index in [-0.39, 0.29) is 18.2 Å². The molecule has 0 radical (unpaired) electrons. The predicted octanol–water partition coefficient (Wildman–Crippen LogP) is 3.21. The summed E-state index contributed by atoms with van der Waals surface area (Å²) in [6.07, 6.45) is -0.0318. The molecule has 29 heavy (non-hydrogen) atoms. The number of amidine groups is 1. The molecule has 2 aromatic rings. The SMILES string of the molecule is CC(=NN=C1NC(=O)[C@@H](CC(=O)Nc2ccccc2C#N)S1)c1ccc(C)cc1. The van der Waals surface area contributed by atoms with Gasteiger partial charge in [-0.25, -0.2) is 0 Å². The van der Waals surface area contributed by atoms with Crippen molar-refractivity contribution in [2.45, 2.75) is 25.5 Å². The summed E-state index contributed by atoms with van der Waals surface area (Å²) >= 11 is 1.16. The molecule has 3 rings (SSSR count). The Hall–Kier alpha value is -3.44. The van der Waals surface area contributed by atoms with Crippen molar-refractivity contribution >= 4 is 40.1 Å². The Morgan fingerprint density at radius 1 is 1.24 bits per heavy atom. The zero-order chi connectivity index (χ0) is 20.8. The van der Waals surface area contributed by atoms with Gasteiger partial charge in [-0.1, -0.05) is 53.7 Å². The second-order valence-corrected chi connectivity index (χ2v) is 7.65. The normalized spacial score (nSPS) is 17.7. The molecule has 2 amide bonds. The fraction of sp³-hybridized carbons (Fsp3) is 0.190. The van der Waals surface area contributed by atoms with Crippen LogP contribution in [0.4, 0.5) is 5.69 Å². The van der Waals surface area contributed by atoms with E-state index in [1.807, 2.05) is 44.2 Å². The van der Waals surface area contributed by atoms with Gasteiger partial charge >= 0.3 is 0 Å². The Morgan fingerprint density at radius 3 is 2.69 bits per heavy atom. The van der Waals surface area contributed by atoms with Crippen molar-refractivity contribution in [2.75, 3.05) is 5.32 Å². The van der Waals surface area contributed by atoms with Gasteiger partial charge in [0.05, 0.1) is 17.0 Å². The van der Waals surface area contributed by atoms with Crippen molar-refractivity contribution in [1.29, 1.82) is 5.26 Å². The first-order chi connectivity index (χ1) is 14.0. The number of nitrogens with zero attached hydrogens (tertiary/aromatic N) is 3. The quantitative estimate of drug-likeness (QED) is 0.588. The molecule has 1 saturated heterocycles. The highest BCUT2D eigenvalue weighted by atomic mass is 32.2. The number of benzene rings is 2. The third-order valence-corrected chi connectivity index (χ3v) is 5.30. The monoisotopic (exact) mass is 405 g/mol. The number of hydrogen-bond donors (Lipinski definition) is 2. The molecule has 1 aliphatic rings. The van der Waals surface area contributed by atoms with E-state index < -0.39 is 5.25 Å². The topological polar surface area (TPSA) is 107 Å². The van der Waals surface area contributed by atoms with Crippen LogP contribution in [0.3, 0.4) is 0 Å². The maximum Gasteiger partial charge on any atom is 0.240 e. The van der Waals surface area contributed by atoms with Crippen molar-refractivity contribution < 1.29 is 9.59 Å². The lowest BCUT2D eigenvalue weighted by Crippen LogP contribution is -2.28. The molecule has 2 aromatic carbocycles. The zero-order valence-electron chi connectivity index (χ0n) is 16.0. The number of nitrogens with one attached hydrogen (secondary N) is 2. The fourth-order valence-electron chi connectivity index (χ4n) is 2.62. The summed E-state index contributed by atoms with van der Waals surface area (Å²) in [5, 5.41) is 22.5. The molecule has 1 atom stereocenters. The molecule has 0 saturated carbocycles. The number of aryl methyl sites for hydroxylation is 1. The molecule has 7 nitrogen and oxygen atoms in total. The Bertz CT molecular complexity index is 1040. The van der Waals surface area contributed by atoms with E-state index in [4.69, 9.17) is 5.26 Å². The number of hydrogen-bond acceptors (Lipinski definition) is 6. The molecule has 2 N–H and O–H groups in total. The first-order valence-corrected chi connectivity index (χ1v) is 9.80. The third kappa shape index (κ3) is 5.30. The minimum atomic E-state index is -0.599. The summed E-state index contributed by atoms with van der Waals surface area (Å²) in [6.45, 7) is 3.85. The second-order valence-electron chi connectivity index (χ2n) is 6.46. The Morgan fingerprint density at radius 2 is 1.97 bits per heavy atom. The van der Waals surface area contributed by atoms with Gasteiger partial charge in [-0.15, -0.1) is 5.10 Å². The largest absolute Gasteiger partial charge is 0.325 e. The van der Waals surface area contributed by atoms with Crippen molar-refractivity contribution in [3.63, 3.8) is 0 Å². The van der Waals surface area contributed by atoms with Crippen molar-refractivity contribution in [3.8, 4) is 6.07 Å². The average Bonchev–Trinajstić information content (AvgIpc) is 3.06. The van der Waals surface area contributed by atoms with Gasteiger partial charge in [0, 0.05) is 6.42 Å². The molecule has 0 aliphatic carbocycles. The molecule has 1 fully saturated rings. The average molecular weight is 405 g/mol. The predicted molar refractivity (Wildman–Crippen MR) is 115 cm³/mol. The summed E-state index contributed by atoms with van der Waals surface area (Å²) < 4.78 is 0. The number of nitriles is 1. The lowest BCUT2D eigenvalue weighted by Gasteiger charge is -2.08. The van der Waals surface area contributed by atoms with Crippen LogP contribution in [0.1, 0.15) is 30.0 Å². The molecule has 0 spiro atoms.